The number of thiazole rings is 1. The summed E-state index contributed by atoms with van der Waals surface area (Å²) in [6.45, 7) is 2.64. The van der Waals surface area contributed by atoms with E-state index in [0.29, 0.717) is 30.2 Å². The molecule has 0 saturated carbocycles. The second-order valence-corrected chi connectivity index (χ2v) is 6.91. The van der Waals surface area contributed by atoms with Crippen molar-refractivity contribution in [3.05, 3.63) is 46.6 Å². The number of nitrogens with one attached hydrogen (secondary N) is 2. The molecule has 3 heterocycles. The molecular formula is C17H16N4O2S. The van der Waals surface area contributed by atoms with E-state index in [4.69, 9.17) is 0 Å². The van der Waals surface area contributed by atoms with Crippen LogP contribution < -0.4 is 5.32 Å². The van der Waals surface area contributed by atoms with E-state index in [1.54, 1.807) is 0 Å². The molecule has 0 unspecified atom stereocenters. The summed E-state index contributed by atoms with van der Waals surface area (Å²) in [7, 11) is 0. The van der Waals surface area contributed by atoms with Gasteiger partial charge in [0.15, 0.2) is 5.13 Å². The molecule has 2 amide bonds. The largest absolute Gasteiger partial charge is 0.361 e. The molecule has 24 heavy (non-hydrogen) atoms. The van der Waals surface area contributed by atoms with Gasteiger partial charge in [0.25, 0.3) is 5.91 Å². The van der Waals surface area contributed by atoms with E-state index in [1.165, 1.54) is 18.3 Å². The van der Waals surface area contributed by atoms with E-state index in [0.717, 1.165) is 21.5 Å². The van der Waals surface area contributed by atoms with Crippen molar-refractivity contribution in [3.8, 4) is 0 Å². The lowest BCUT2D eigenvalue weighted by Crippen LogP contribution is -2.35. The van der Waals surface area contributed by atoms with Crippen molar-refractivity contribution in [2.75, 3.05) is 11.9 Å². The molecule has 0 radical (unpaired) electrons. The maximum absolute atomic E-state index is 12.8. The average Bonchev–Trinajstić information content (AvgIpc) is 3.17. The fourth-order valence-electron chi connectivity index (χ4n) is 2.94. The molecule has 1 aromatic carbocycles. The van der Waals surface area contributed by atoms with Crippen LogP contribution in [-0.2, 0) is 17.8 Å². The highest BCUT2D eigenvalue weighted by Gasteiger charge is 2.25. The summed E-state index contributed by atoms with van der Waals surface area (Å²) in [6.07, 6.45) is 2.58. The summed E-state index contributed by atoms with van der Waals surface area (Å²) in [5.41, 5.74) is 2.62. The number of anilines is 1. The third kappa shape index (κ3) is 2.67. The Morgan fingerprint density at radius 3 is 3.04 bits per heavy atom. The summed E-state index contributed by atoms with van der Waals surface area (Å²) in [4.78, 5) is 34.4. The molecule has 0 aliphatic carbocycles. The monoisotopic (exact) mass is 340 g/mol. The van der Waals surface area contributed by atoms with Gasteiger partial charge in [0, 0.05) is 42.0 Å². The van der Waals surface area contributed by atoms with Crippen LogP contribution in [-0.4, -0.2) is 33.2 Å². The Bertz CT molecular complexity index is 943. The van der Waals surface area contributed by atoms with E-state index in [9.17, 15) is 9.59 Å². The van der Waals surface area contributed by atoms with Crippen molar-refractivity contribution < 1.29 is 9.59 Å². The van der Waals surface area contributed by atoms with E-state index >= 15 is 0 Å². The SMILES string of the molecule is CC(=O)Nc1nc2c(s1)CN(C(=O)c1ccc3cc[nH]c3c1)CC2. The first-order valence-corrected chi connectivity index (χ1v) is 8.54. The number of rotatable bonds is 2. The molecule has 0 bridgehead atoms. The van der Waals surface area contributed by atoms with Gasteiger partial charge in [-0.2, -0.15) is 0 Å². The van der Waals surface area contributed by atoms with Gasteiger partial charge in [-0.25, -0.2) is 4.98 Å². The molecule has 0 saturated heterocycles. The molecule has 3 aromatic rings. The topological polar surface area (TPSA) is 78.1 Å². The number of carbonyl (C=O) groups is 2. The third-order valence-corrected chi connectivity index (χ3v) is 5.10. The predicted octanol–water partition coefficient (Wildman–Crippen LogP) is 2.78. The second-order valence-electron chi connectivity index (χ2n) is 5.83. The van der Waals surface area contributed by atoms with E-state index in [-0.39, 0.29) is 11.8 Å². The van der Waals surface area contributed by atoms with Gasteiger partial charge in [-0.15, -0.1) is 0 Å². The zero-order valence-electron chi connectivity index (χ0n) is 13.1. The van der Waals surface area contributed by atoms with Crippen molar-refractivity contribution in [1.29, 1.82) is 0 Å². The number of H-pyrrole nitrogens is 1. The quantitative estimate of drug-likeness (QED) is 0.753. The maximum Gasteiger partial charge on any atom is 0.254 e. The van der Waals surface area contributed by atoms with Crippen molar-refractivity contribution in [3.63, 3.8) is 0 Å². The van der Waals surface area contributed by atoms with Crippen molar-refractivity contribution in [1.82, 2.24) is 14.9 Å². The van der Waals surface area contributed by atoms with Crippen LogP contribution in [0.4, 0.5) is 5.13 Å². The number of hydrogen-bond acceptors (Lipinski definition) is 4. The first-order valence-electron chi connectivity index (χ1n) is 7.73. The Kier molecular flexibility index (Phi) is 3.57. The summed E-state index contributed by atoms with van der Waals surface area (Å²) in [5, 5.41) is 4.41. The molecule has 0 spiro atoms. The van der Waals surface area contributed by atoms with Crippen LogP contribution in [0.15, 0.2) is 30.5 Å². The Balaban J connectivity index is 1.55. The molecule has 0 atom stereocenters. The minimum absolute atomic E-state index is 0.0200. The number of hydrogen-bond donors (Lipinski definition) is 2. The van der Waals surface area contributed by atoms with Gasteiger partial charge in [0.05, 0.1) is 12.2 Å². The van der Waals surface area contributed by atoms with Gasteiger partial charge in [-0.05, 0) is 23.6 Å². The zero-order valence-corrected chi connectivity index (χ0v) is 13.9. The standard InChI is InChI=1S/C17H16N4O2S/c1-10(22)19-17-20-13-5-7-21(9-15(13)24-17)16(23)12-3-2-11-4-6-18-14(11)8-12/h2-4,6,8,18H,5,7,9H2,1H3,(H,19,20,22). The maximum atomic E-state index is 12.8. The van der Waals surface area contributed by atoms with Crippen LogP contribution >= 0.6 is 11.3 Å². The van der Waals surface area contributed by atoms with Crippen LogP contribution in [0.3, 0.4) is 0 Å². The smallest absolute Gasteiger partial charge is 0.254 e. The van der Waals surface area contributed by atoms with E-state index in [1.807, 2.05) is 35.4 Å². The molecule has 1 aliphatic rings. The normalized spacial score (nSPS) is 13.8. The Hall–Kier alpha value is -2.67. The Labute approximate surface area is 142 Å². The first-order chi connectivity index (χ1) is 11.6. The van der Waals surface area contributed by atoms with Crippen LogP contribution in [0.5, 0.6) is 0 Å². The minimum Gasteiger partial charge on any atom is -0.361 e. The van der Waals surface area contributed by atoms with Gasteiger partial charge in [0.1, 0.15) is 0 Å². The van der Waals surface area contributed by atoms with Crippen molar-refractivity contribution >= 4 is 39.2 Å². The lowest BCUT2D eigenvalue weighted by Gasteiger charge is -2.26. The molecular weight excluding hydrogens is 324 g/mol. The van der Waals surface area contributed by atoms with E-state index in [2.05, 4.69) is 15.3 Å². The number of amides is 2. The van der Waals surface area contributed by atoms with Crippen molar-refractivity contribution in [2.24, 2.45) is 0 Å². The predicted molar refractivity (Wildman–Crippen MR) is 93.2 cm³/mol. The third-order valence-electron chi connectivity index (χ3n) is 4.10. The van der Waals surface area contributed by atoms with Gasteiger partial charge in [0.2, 0.25) is 5.91 Å². The van der Waals surface area contributed by atoms with Crippen LogP contribution in [0.2, 0.25) is 0 Å². The molecule has 122 valence electrons. The molecule has 7 heteroatoms. The fraction of sp³-hybridized carbons (Fsp3) is 0.235. The number of aromatic amines is 1. The molecule has 2 aromatic heterocycles. The summed E-state index contributed by atoms with van der Waals surface area (Å²) >= 11 is 1.44. The number of carbonyl (C=O) groups excluding carboxylic acids is 2. The summed E-state index contributed by atoms with van der Waals surface area (Å²) < 4.78 is 0. The lowest BCUT2D eigenvalue weighted by atomic mass is 10.1. The summed E-state index contributed by atoms with van der Waals surface area (Å²) in [6, 6.07) is 7.69. The molecule has 1 aliphatic heterocycles. The molecule has 4 rings (SSSR count). The number of aromatic nitrogens is 2. The van der Waals surface area contributed by atoms with Crippen LogP contribution in [0.1, 0.15) is 27.9 Å². The lowest BCUT2D eigenvalue weighted by molar-refractivity contribution is -0.114. The first kappa shape index (κ1) is 14.9. The fourth-order valence-corrected chi connectivity index (χ4v) is 4.01. The van der Waals surface area contributed by atoms with Crippen LogP contribution in [0.25, 0.3) is 10.9 Å². The van der Waals surface area contributed by atoms with E-state index < -0.39 is 0 Å². The second kappa shape index (κ2) is 5.76. The Morgan fingerprint density at radius 1 is 1.33 bits per heavy atom. The average molecular weight is 340 g/mol. The number of benzene rings is 1. The highest BCUT2D eigenvalue weighted by Crippen LogP contribution is 2.29. The highest BCUT2D eigenvalue weighted by atomic mass is 32.1. The van der Waals surface area contributed by atoms with Crippen LogP contribution in [0, 0.1) is 0 Å². The minimum atomic E-state index is -0.131. The molecule has 0 fully saturated rings. The Morgan fingerprint density at radius 2 is 2.21 bits per heavy atom. The van der Waals surface area contributed by atoms with Gasteiger partial charge < -0.3 is 15.2 Å². The highest BCUT2D eigenvalue weighted by molar-refractivity contribution is 7.15. The summed E-state index contributed by atoms with van der Waals surface area (Å²) in [5.74, 6) is -0.111. The van der Waals surface area contributed by atoms with Gasteiger partial charge in [-0.1, -0.05) is 17.4 Å². The molecule has 2 N–H and O–H groups in total. The molecule has 6 nitrogen and oxygen atoms in total. The number of fused-ring (bicyclic) bond motifs is 2. The number of nitrogens with zero attached hydrogens (tertiary/aromatic N) is 2. The zero-order chi connectivity index (χ0) is 16.7. The van der Waals surface area contributed by atoms with Gasteiger partial charge >= 0.3 is 0 Å². The van der Waals surface area contributed by atoms with Crippen molar-refractivity contribution in [2.45, 2.75) is 19.9 Å². The van der Waals surface area contributed by atoms with Gasteiger partial charge in [-0.3, -0.25) is 9.59 Å².